The van der Waals surface area contributed by atoms with Crippen LogP contribution in [0.15, 0.2) is 11.1 Å². The fourth-order valence-corrected chi connectivity index (χ4v) is 11.6. The quantitative estimate of drug-likeness (QED) is 0.119. The number of esters is 1. The second kappa shape index (κ2) is 21.1. The van der Waals surface area contributed by atoms with Crippen molar-refractivity contribution in [1.82, 2.24) is 10.2 Å². The SMILES string of the molecule is CC[C@H]1OC(=O)[C@H](C)[C@@H](OC2CC(C)(OC)C(O)C(C)O2)[C@H](C)[C@@H](OC2OC(C)CC(N(C)C)C2O)[C@](C)(O)C[C@@H](C)[C@H](NCCC2=C(C)CCCC2(C)C)[C@H](C)[C@@H](O)[C@]1(C)O. The van der Waals surface area contributed by atoms with E-state index in [1.807, 2.05) is 46.7 Å². The van der Waals surface area contributed by atoms with Crippen LogP contribution in [0.1, 0.15) is 141 Å². The van der Waals surface area contributed by atoms with Crippen molar-refractivity contribution in [2.75, 3.05) is 27.7 Å². The first kappa shape index (κ1) is 53.3. The fraction of sp³-hybridized carbons (Fsp3) is 0.938. The molecule has 19 atom stereocenters. The van der Waals surface area contributed by atoms with E-state index in [9.17, 15) is 30.3 Å². The minimum Gasteiger partial charge on any atom is -0.459 e. The van der Waals surface area contributed by atoms with Crippen molar-refractivity contribution in [1.29, 1.82) is 0 Å². The number of rotatable bonds is 11. The molecule has 14 heteroatoms. The van der Waals surface area contributed by atoms with Crippen LogP contribution in [0, 0.1) is 29.1 Å². The van der Waals surface area contributed by atoms with Crippen molar-refractivity contribution in [2.45, 2.75) is 232 Å². The first-order chi connectivity index (χ1) is 28.6. The molecule has 4 aliphatic rings. The molecule has 1 aliphatic carbocycles. The Morgan fingerprint density at radius 3 is 2.13 bits per heavy atom. The van der Waals surface area contributed by atoms with Crippen molar-refractivity contribution in [3.05, 3.63) is 11.1 Å². The van der Waals surface area contributed by atoms with E-state index in [4.69, 9.17) is 28.4 Å². The number of cyclic esters (lactones) is 1. The zero-order valence-corrected chi connectivity index (χ0v) is 41.1. The number of carbonyl (C=O) groups is 1. The first-order valence-electron chi connectivity index (χ1n) is 23.6. The summed E-state index contributed by atoms with van der Waals surface area (Å²) in [6, 6.07) is -0.709. The van der Waals surface area contributed by atoms with E-state index in [1.54, 1.807) is 34.6 Å². The Kier molecular flexibility index (Phi) is 18.2. The normalized spacial score (nSPS) is 46.6. The highest BCUT2D eigenvalue weighted by Crippen LogP contribution is 2.43. The summed E-state index contributed by atoms with van der Waals surface area (Å²) in [5.41, 5.74) is -1.60. The Hall–Kier alpha value is -1.27. The molecule has 0 aromatic heterocycles. The molecule has 0 radical (unpaired) electrons. The zero-order chi connectivity index (χ0) is 46.9. The van der Waals surface area contributed by atoms with Gasteiger partial charge in [-0.05, 0) is 125 Å². The molecule has 3 heterocycles. The minimum atomic E-state index is -1.85. The van der Waals surface area contributed by atoms with Crippen LogP contribution >= 0.6 is 0 Å². The monoisotopic (exact) mass is 885 g/mol. The molecule has 3 fully saturated rings. The predicted molar refractivity (Wildman–Crippen MR) is 238 cm³/mol. The van der Waals surface area contributed by atoms with Crippen LogP contribution in [0.25, 0.3) is 0 Å². The Morgan fingerprint density at radius 1 is 0.903 bits per heavy atom. The Morgan fingerprint density at radius 2 is 1.55 bits per heavy atom. The third-order valence-electron chi connectivity index (χ3n) is 15.5. The van der Waals surface area contributed by atoms with Gasteiger partial charge in [-0.1, -0.05) is 52.7 Å². The summed E-state index contributed by atoms with van der Waals surface area (Å²) >= 11 is 0. The number of nitrogens with zero attached hydrogens (tertiary/aromatic N) is 1. The lowest BCUT2D eigenvalue weighted by Gasteiger charge is -2.49. The van der Waals surface area contributed by atoms with Gasteiger partial charge >= 0.3 is 5.97 Å². The maximum atomic E-state index is 14.5. The number of hydrogen-bond acceptors (Lipinski definition) is 14. The van der Waals surface area contributed by atoms with Gasteiger partial charge in [0.2, 0.25) is 0 Å². The molecule has 362 valence electrons. The van der Waals surface area contributed by atoms with Crippen molar-refractivity contribution < 1.29 is 58.7 Å². The third-order valence-corrected chi connectivity index (χ3v) is 15.5. The smallest absolute Gasteiger partial charge is 0.311 e. The molecule has 14 nitrogen and oxygen atoms in total. The van der Waals surface area contributed by atoms with E-state index in [-0.39, 0.29) is 42.7 Å². The van der Waals surface area contributed by atoms with Crippen LogP contribution in [0.2, 0.25) is 0 Å². The largest absolute Gasteiger partial charge is 0.459 e. The number of nitrogens with one attached hydrogen (secondary N) is 1. The van der Waals surface area contributed by atoms with Gasteiger partial charge in [-0.25, -0.2) is 0 Å². The second-order valence-corrected chi connectivity index (χ2v) is 21.4. The van der Waals surface area contributed by atoms with E-state index < -0.39 is 102 Å². The molecule has 4 rings (SSSR count). The van der Waals surface area contributed by atoms with E-state index in [0.29, 0.717) is 13.0 Å². The molecule has 8 unspecified atom stereocenters. The standard InChI is InChI=1S/C48H88N2O12/c1-17-35-48(13,56)40(52)29(5)37(49-22-20-33-26(2)19-18-21-45(33,9)10)27(3)24-46(11,55)42(62-44-38(51)34(50(14)15)23-28(4)58-44)30(6)39(31(7)43(54)60-35)61-36-25-47(12,57-16)41(53)32(8)59-36/h27-32,34-42,44,49,51-53,55-56H,17-25H2,1-16H3/t27-,28?,29+,30+,31-,32?,34?,35-,36?,37+,38?,39+,40-,41?,42-,44?,46-,47?,48-/m1/s1. The summed E-state index contributed by atoms with van der Waals surface area (Å²) in [5, 5.41) is 64.0. The lowest BCUT2D eigenvalue weighted by molar-refractivity contribution is -0.318. The van der Waals surface area contributed by atoms with Gasteiger partial charge in [0.25, 0.3) is 0 Å². The van der Waals surface area contributed by atoms with Crippen LogP contribution in [-0.2, 0) is 33.2 Å². The maximum Gasteiger partial charge on any atom is 0.311 e. The Bertz CT molecular complexity index is 1490. The molecule has 0 aromatic carbocycles. The second-order valence-electron chi connectivity index (χ2n) is 21.4. The summed E-state index contributed by atoms with van der Waals surface area (Å²) < 4.78 is 38.2. The topological polar surface area (TPSA) is 189 Å². The van der Waals surface area contributed by atoms with Crippen LogP contribution in [-0.4, -0.2) is 154 Å². The lowest BCUT2D eigenvalue weighted by Crippen LogP contribution is -2.62. The summed E-state index contributed by atoms with van der Waals surface area (Å²) in [6.45, 7) is 25.4. The van der Waals surface area contributed by atoms with E-state index >= 15 is 0 Å². The fourth-order valence-electron chi connectivity index (χ4n) is 11.6. The van der Waals surface area contributed by atoms with Crippen molar-refractivity contribution in [3.8, 4) is 0 Å². The van der Waals surface area contributed by atoms with Gasteiger partial charge in [0, 0.05) is 37.5 Å². The number of hydrogen-bond donors (Lipinski definition) is 6. The molecule has 0 saturated carbocycles. The van der Waals surface area contributed by atoms with Crippen LogP contribution in [0.4, 0.5) is 0 Å². The van der Waals surface area contributed by atoms with Gasteiger partial charge in [0.1, 0.15) is 23.9 Å². The number of aliphatic hydroxyl groups excluding tert-OH is 3. The van der Waals surface area contributed by atoms with Gasteiger partial charge in [-0.2, -0.15) is 0 Å². The number of ether oxygens (including phenoxy) is 6. The highest BCUT2D eigenvalue weighted by molar-refractivity contribution is 5.73. The number of allylic oxidation sites excluding steroid dienone is 1. The van der Waals surface area contributed by atoms with Crippen LogP contribution in [0.3, 0.4) is 0 Å². The maximum absolute atomic E-state index is 14.5. The minimum absolute atomic E-state index is 0.0730. The van der Waals surface area contributed by atoms with Crippen LogP contribution in [0.5, 0.6) is 0 Å². The molecule has 3 saturated heterocycles. The lowest BCUT2D eigenvalue weighted by atomic mass is 9.71. The molecule has 0 bridgehead atoms. The molecular weight excluding hydrogens is 797 g/mol. The molecule has 0 amide bonds. The zero-order valence-electron chi connectivity index (χ0n) is 41.1. The van der Waals surface area contributed by atoms with E-state index in [0.717, 1.165) is 19.3 Å². The van der Waals surface area contributed by atoms with Crippen molar-refractivity contribution in [3.63, 3.8) is 0 Å². The molecule has 6 N–H and O–H groups in total. The van der Waals surface area contributed by atoms with E-state index in [2.05, 4.69) is 26.1 Å². The molecule has 62 heavy (non-hydrogen) atoms. The number of aliphatic hydroxyl groups is 5. The number of likely N-dealkylation sites (N-methyl/N-ethyl adjacent to an activating group) is 1. The summed E-state index contributed by atoms with van der Waals surface area (Å²) in [6.07, 6.45) is -4.35. The van der Waals surface area contributed by atoms with Gasteiger partial charge in [-0.3, -0.25) is 4.79 Å². The Labute approximate surface area is 373 Å². The highest BCUT2D eigenvalue weighted by atomic mass is 16.7. The van der Waals surface area contributed by atoms with Gasteiger partial charge in [-0.15, -0.1) is 0 Å². The van der Waals surface area contributed by atoms with Gasteiger partial charge < -0.3 is 64.2 Å². The van der Waals surface area contributed by atoms with E-state index in [1.165, 1.54) is 31.6 Å². The predicted octanol–water partition coefficient (Wildman–Crippen LogP) is 5.09. The van der Waals surface area contributed by atoms with Crippen LogP contribution < -0.4 is 5.32 Å². The summed E-state index contributed by atoms with van der Waals surface area (Å²) in [5.74, 6) is -3.34. The number of carbonyl (C=O) groups excluding carboxylic acids is 1. The van der Waals surface area contributed by atoms with Crippen molar-refractivity contribution >= 4 is 5.97 Å². The highest BCUT2D eigenvalue weighted by Gasteiger charge is 2.53. The third kappa shape index (κ3) is 11.8. The molecule has 0 aromatic rings. The summed E-state index contributed by atoms with van der Waals surface area (Å²) in [7, 11) is 5.31. The average Bonchev–Trinajstić information content (AvgIpc) is 3.18. The first-order valence-corrected chi connectivity index (χ1v) is 23.6. The summed E-state index contributed by atoms with van der Waals surface area (Å²) in [4.78, 5) is 16.4. The molecular formula is C48H88N2O12. The van der Waals surface area contributed by atoms with Gasteiger partial charge in [0.05, 0.1) is 47.6 Å². The average molecular weight is 885 g/mol. The molecule has 3 aliphatic heterocycles. The Balaban J connectivity index is 1.84. The molecule has 0 spiro atoms. The number of methoxy groups -OCH3 is 1. The van der Waals surface area contributed by atoms with Crippen molar-refractivity contribution in [2.24, 2.45) is 29.1 Å². The van der Waals surface area contributed by atoms with Gasteiger partial charge in [0.15, 0.2) is 12.6 Å².